The molecule has 1 fully saturated rings. The van der Waals surface area contributed by atoms with E-state index in [4.69, 9.17) is 4.74 Å². The predicted molar refractivity (Wildman–Crippen MR) is 134 cm³/mol. The van der Waals surface area contributed by atoms with Gasteiger partial charge in [-0.3, -0.25) is 4.99 Å². The van der Waals surface area contributed by atoms with Crippen molar-refractivity contribution in [2.24, 2.45) is 4.99 Å². The zero-order chi connectivity index (χ0) is 19.8. The smallest absolute Gasteiger partial charge is 0.194 e. The zero-order valence-electron chi connectivity index (χ0n) is 17.5. The third-order valence-corrected chi connectivity index (χ3v) is 5.74. The van der Waals surface area contributed by atoms with Crippen LogP contribution < -0.4 is 15.0 Å². The summed E-state index contributed by atoms with van der Waals surface area (Å²) in [6.07, 6.45) is 0. The van der Waals surface area contributed by atoms with E-state index >= 15 is 0 Å². The van der Waals surface area contributed by atoms with Crippen LogP contribution in [0.2, 0.25) is 0 Å². The number of halogens is 1. The number of anilines is 1. The van der Waals surface area contributed by atoms with E-state index in [0.717, 1.165) is 50.0 Å². The summed E-state index contributed by atoms with van der Waals surface area (Å²) in [5.74, 6) is 1.89. The largest absolute Gasteiger partial charge is 0.492 e. The molecule has 1 saturated heterocycles. The average Bonchev–Trinajstić information content (AvgIpc) is 3.24. The van der Waals surface area contributed by atoms with Gasteiger partial charge in [-0.15, -0.1) is 35.3 Å². The van der Waals surface area contributed by atoms with Crippen LogP contribution in [0, 0.1) is 0 Å². The van der Waals surface area contributed by atoms with Crippen LogP contribution in [0.3, 0.4) is 0 Å². The van der Waals surface area contributed by atoms with E-state index in [-0.39, 0.29) is 24.0 Å². The van der Waals surface area contributed by atoms with Gasteiger partial charge in [0, 0.05) is 51.9 Å². The average molecular weight is 529 g/mol. The van der Waals surface area contributed by atoms with Gasteiger partial charge in [-0.05, 0) is 37.7 Å². The molecular formula is C21H32IN5OS. The molecule has 1 aromatic carbocycles. The number of aliphatic imine (C=N–C) groups is 1. The van der Waals surface area contributed by atoms with Crippen LogP contribution in [0.25, 0.3) is 0 Å². The summed E-state index contributed by atoms with van der Waals surface area (Å²) < 4.78 is 5.97. The molecule has 1 aromatic heterocycles. The molecule has 0 bridgehead atoms. The molecule has 0 aliphatic carbocycles. The monoisotopic (exact) mass is 529 g/mol. The second-order valence-corrected chi connectivity index (χ2v) is 8.01. The van der Waals surface area contributed by atoms with Gasteiger partial charge >= 0.3 is 0 Å². The summed E-state index contributed by atoms with van der Waals surface area (Å²) in [6.45, 7) is 6.27. The van der Waals surface area contributed by atoms with Crippen LogP contribution in [-0.2, 0) is 6.54 Å². The van der Waals surface area contributed by atoms with Crippen LogP contribution in [-0.4, -0.2) is 76.2 Å². The minimum absolute atomic E-state index is 0. The fourth-order valence-corrected chi connectivity index (χ4v) is 4.01. The van der Waals surface area contributed by atoms with Gasteiger partial charge in [0.05, 0.1) is 5.00 Å². The number of likely N-dealkylation sites (N-methyl/N-ethyl adjacent to an activating group) is 1. The Labute approximate surface area is 195 Å². The van der Waals surface area contributed by atoms with Crippen molar-refractivity contribution in [1.82, 2.24) is 15.1 Å². The standard InChI is InChI=1S/C21H31N5OS.HI/c1-22-21(26-12-10-25(11-13-26)20-9-6-16-28-20)23-17-18-7-4-5-8-19(18)27-15-14-24(2)3;/h4-9,16H,10-15,17H2,1-3H3,(H,22,23);1H. The fraction of sp³-hybridized carbons (Fsp3) is 0.476. The number of ether oxygens (including phenoxy) is 1. The molecule has 29 heavy (non-hydrogen) atoms. The Bertz CT molecular complexity index is 745. The van der Waals surface area contributed by atoms with Crippen LogP contribution in [0.1, 0.15) is 5.56 Å². The third-order valence-electron chi connectivity index (χ3n) is 4.81. The Hall–Kier alpha value is -1.52. The molecule has 1 aliphatic heterocycles. The molecular weight excluding hydrogens is 497 g/mol. The first kappa shape index (κ1) is 23.8. The number of hydrogen-bond acceptors (Lipinski definition) is 5. The van der Waals surface area contributed by atoms with Crippen LogP contribution in [0.15, 0.2) is 46.8 Å². The van der Waals surface area contributed by atoms with E-state index in [0.29, 0.717) is 13.2 Å². The Morgan fingerprint density at radius 3 is 2.55 bits per heavy atom. The van der Waals surface area contributed by atoms with Crippen molar-refractivity contribution in [3.8, 4) is 5.75 Å². The highest BCUT2D eigenvalue weighted by molar-refractivity contribution is 14.0. The number of hydrogen-bond donors (Lipinski definition) is 1. The first-order chi connectivity index (χ1) is 13.7. The maximum Gasteiger partial charge on any atom is 0.194 e. The summed E-state index contributed by atoms with van der Waals surface area (Å²) >= 11 is 1.81. The lowest BCUT2D eigenvalue weighted by atomic mass is 10.2. The van der Waals surface area contributed by atoms with E-state index in [1.165, 1.54) is 5.00 Å². The maximum absolute atomic E-state index is 5.97. The molecule has 2 heterocycles. The number of benzene rings is 1. The van der Waals surface area contributed by atoms with Gasteiger partial charge in [0.15, 0.2) is 5.96 Å². The van der Waals surface area contributed by atoms with E-state index < -0.39 is 0 Å². The topological polar surface area (TPSA) is 43.3 Å². The van der Waals surface area contributed by atoms with E-state index in [1.54, 1.807) is 11.3 Å². The number of nitrogens with zero attached hydrogens (tertiary/aromatic N) is 4. The zero-order valence-corrected chi connectivity index (χ0v) is 20.7. The lowest BCUT2D eigenvalue weighted by Gasteiger charge is -2.37. The number of nitrogens with one attached hydrogen (secondary N) is 1. The lowest BCUT2D eigenvalue weighted by molar-refractivity contribution is 0.259. The molecule has 1 N–H and O–H groups in total. The number of piperazine rings is 1. The number of para-hydroxylation sites is 1. The second kappa shape index (κ2) is 12.2. The van der Waals surface area contributed by atoms with Gasteiger partial charge in [0.2, 0.25) is 0 Å². The molecule has 6 nitrogen and oxygen atoms in total. The Morgan fingerprint density at radius 2 is 1.90 bits per heavy atom. The van der Waals surface area contributed by atoms with Gasteiger partial charge in [0.25, 0.3) is 0 Å². The normalized spacial score (nSPS) is 14.7. The van der Waals surface area contributed by atoms with Crippen LogP contribution >= 0.6 is 35.3 Å². The first-order valence-electron chi connectivity index (χ1n) is 9.77. The fourth-order valence-electron chi connectivity index (χ4n) is 3.22. The highest BCUT2D eigenvalue weighted by Crippen LogP contribution is 2.22. The molecule has 0 saturated carbocycles. The summed E-state index contributed by atoms with van der Waals surface area (Å²) in [4.78, 5) is 11.4. The molecule has 160 valence electrons. The van der Waals surface area contributed by atoms with Gasteiger partial charge in [-0.1, -0.05) is 18.2 Å². The van der Waals surface area contributed by atoms with Gasteiger partial charge < -0.3 is 24.8 Å². The van der Waals surface area contributed by atoms with Crippen LogP contribution in [0.4, 0.5) is 5.00 Å². The van der Waals surface area contributed by atoms with Crippen molar-refractivity contribution in [1.29, 1.82) is 0 Å². The molecule has 0 unspecified atom stereocenters. The number of thiophene rings is 1. The molecule has 0 radical (unpaired) electrons. The van der Waals surface area contributed by atoms with Crippen molar-refractivity contribution < 1.29 is 4.74 Å². The van der Waals surface area contributed by atoms with Crippen LogP contribution in [0.5, 0.6) is 5.75 Å². The van der Waals surface area contributed by atoms with E-state index in [2.05, 4.69) is 68.7 Å². The van der Waals surface area contributed by atoms with Crippen molar-refractivity contribution >= 4 is 46.3 Å². The predicted octanol–water partition coefficient (Wildman–Crippen LogP) is 3.20. The minimum Gasteiger partial charge on any atom is -0.492 e. The molecule has 0 spiro atoms. The Morgan fingerprint density at radius 1 is 1.14 bits per heavy atom. The molecule has 0 amide bonds. The summed E-state index contributed by atoms with van der Waals surface area (Å²) in [5, 5.41) is 7.01. The number of guanidine groups is 1. The minimum atomic E-state index is 0. The Balaban J connectivity index is 0.00000300. The van der Waals surface area contributed by atoms with E-state index in [1.807, 2.05) is 19.2 Å². The highest BCUT2D eigenvalue weighted by Gasteiger charge is 2.20. The molecule has 0 atom stereocenters. The highest BCUT2D eigenvalue weighted by atomic mass is 127. The van der Waals surface area contributed by atoms with E-state index in [9.17, 15) is 0 Å². The SMILES string of the molecule is CN=C(NCc1ccccc1OCCN(C)C)N1CCN(c2cccs2)CC1.I. The third kappa shape index (κ3) is 7.04. The molecule has 1 aliphatic rings. The first-order valence-corrected chi connectivity index (χ1v) is 10.6. The van der Waals surface area contributed by atoms with Crippen molar-refractivity contribution in [2.45, 2.75) is 6.54 Å². The van der Waals surface area contributed by atoms with Crippen molar-refractivity contribution in [2.75, 3.05) is 65.4 Å². The molecule has 2 aromatic rings. The summed E-state index contributed by atoms with van der Waals surface area (Å²) in [5.41, 5.74) is 1.15. The lowest BCUT2D eigenvalue weighted by Crippen LogP contribution is -2.52. The van der Waals surface area contributed by atoms with Crippen molar-refractivity contribution in [3.63, 3.8) is 0 Å². The molecule has 3 rings (SSSR count). The maximum atomic E-state index is 5.97. The van der Waals surface area contributed by atoms with Crippen molar-refractivity contribution in [3.05, 3.63) is 47.3 Å². The van der Waals surface area contributed by atoms with Gasteiger partial charge in [-0.25, -0.2) is 0 Å². The number of rotatable bonds is 7. The second-order valence-electron chi connectivity index (χ2n) is 7.09. The van der Waals surface area contributed by atoms with Gasteiger partial charge in [0.1, 0.15) is 12.4 Å². The summed E-state index contributed by atoms with van der Waals surface area (Å²) in [7, 11) is 5.96. The molecule has 8 heteroatoms. The summed E-state index contributed by atoms with van der Waals surface area (Å²) in [6, 6.07) is 12.5. The van der Waals surface area contributed by atoms with Gasteiger partial charge in [-0.2, -0.15) is 0 Å². The quantitative estimate of drug-likeness (QED) is 0.339. The Kier molecular flexibility index (Phi) is 10.0.